The van der Waals surface area contributed by atoms with Gasteiger partial charge < -0.3 is 14.5 Å². The van der Waals surface area contributed by atoms with Crippen molar-refractivity contribution in [3.05, 3.63) is 59.7 Å². The molecule has 0 saturated carbocycles. The number of carbonyl (C=O) groups is 2. The predicted octanol–water partition coefficient (Wildman–Crippen LogP) is 3.07. The highest BCUT2D eigenvalue weighted by Gasteiger charge is 2.12. The molecule has 0 atom stereocenters. The number of anilines is 1. The largest absolute Gasteiger partial charge is 0.423 e. The molecule has 0 fully saturated rings. The molecule has 126 valence electrons. The Hall–Kier alpha value is -2.66. The molecule has 0 aliphatic heterocycles. The summed E-state index contributed by atoms with van der Waals surface area (Å²) in [5, 5.41) is 2.66. The molecule has 0 radical (unpaired) electrons. The second kappa shape index (κ2) is 7.27. The lowest BCUT2D eigenvalue weighted by Gasteiger charge is -2.23. The molecule has 5 nitrogen and oxygen atoms in total. The molecular formula is C19H23N2O3+. The van der Waals surface area contributed by atoms with E-state index in [0.29, 0.717) is 17.0 Å². The van der Waals surface area contributed by atoms with Gasteiger partial charge in [0.15, 0.2) is 0 Å². The summed E-state index contributed by atoms with van der Waals surface area (Å²) in [5.74, 6) is -0.114. The van der Waals surface area contributed by atoms with Crippen molar-refractivity contribution in [2.75, 3.05) is 26.5 Å². The van der Waals surface area contributed by atoms with E-state index >= 15 is 0 Å². The summed E-state index contributed by atoms with van der Waals surface area (Å²) >= 11 is 0. The van der Waals surface area contributed by atoms with E-state index in [0.717, 1.165) is 11.0 Å². The van der Waals surface area contributed by atoms with Gasteiger partial charge in [-0.3, -0.25) is 4.79 Å². The highest BCUT2D eigenvalue weighted by atomic mass is 16.5. The van der Waals surface area contributed by atoms with Gasteiger partial charge in [0.2, 0.25) is 5.91 Å². The van der Waals surface area contributed by atoms with E-state index in [1.807, 2.05) is 12.1 Å². The van der Waals surface area contributed by atoms with Gasteiger partial charge in [-0.25, -0.2) is 4.79 Å². The zero-order chi connectivity index (χ0) is 17.7. The van der Waals surface area contributed by atoms with Crippen molar-refractivity contribution >= 4 is 17.6 Å². The van der Waals surface area contributed by atoms with Crippen molar-refractivity contribution in [1.82, 2.24) is 0 Å². The average molecular weight is 327 g/mol. The minimum atomic E-state index is -0.404. The quantitative estimate of drug-likeness (QED) is 0.522. The van der Waals surface area contributed by atoms with Crippen molar-refractivity contribution in [3.63, 3.8) is 0 Å². The molecule has 0 heterocycles. The number of hydrogen-bond donors (Lipinski definition) is 1. The lowest BCUT2D eigenvalue weighted by Crippen LogP contribution is -2.33. The van der Waals surface area contributed by atoms with E-state index in [2.05, 4.69) is 26.5 Å². The fourth-order valence-electron chi connectivity index (χ4n) is 2.27. The van der Waals surface area contributed by atoms with Crippen molar-refractivity contribution in [2.24, 2.45) is 0 Å². The third kappa shape index (κ3) is 5.52. The van der Waals surface area contributed by atoms with Crippen molar-refractivity contribution in [2.45, 2.75) is 13.5 Å². The van der Waals surface area contributed by atoms with Crippen LogP contribution in [0.4, 0.5) is 5.69 Å². The van der Waals surface area contributed by atoms with E-state index in [4.69, 9.17) is 4.74 Å². The molecule has 0 spiro atoms. The minimum Gasteiger partial charge on any atom is -0.423 e. The monoisotopic (exact) mass is 327 g/mol. The predicted molar refractivity (Wildman–Crippen MR) is 93.9 cm³/mol. The van der Waals surface area contributed by atoms with Crippen LogP contribution in [0.3, 0.4) is 0 Å². The first-order valence-corrected chi connectivity index (χ1v) is 7.72. The summed E-state index contributed by atoms with van der Waals surface area (Å²) in [4.78, 5) is 23.2. The summed E-state index contributed by atoms with van der Waals surface area (Å²) in [5.41, 5.74) is 2.33. The molecule has 0 aromatic heterocycles. The first-order chi connectivity index (χ1) is 11.2. The first kappa shape index (κ1) is 17.7. The van der Waals surface area contributed by atoms with E-state index in [9.17, 15) is 9.59 Å². The number of hydrogen-bond acceptors (Lipinski definition) is 3. The van der Waals surface area contributed by atoms with E-state index in [1.54, 1.807) is 36.4 Å². The van der Waals surface area contributed by atoms with Crippen molar-refractivity contribution in [3.8, 4) is 5.75 Å². The van der Waals surface area contributed by atoms with Crippen LogP contribution in [0, 0.1) is 0 Å². The maximum Gasteiger partial charge on any atom is 0.343 e. The maximum atomic E-state index is 12.2. The van der Waals surface area contributed by atoms with Gasteiger partial charge in [-0.1, -0.05) is 12.1 Å². The Balaban J connectivity index is 2.00. The van der Waals surface area contributed by atoms with Gasteiger partial charge >= 0.3 is 5.97 Å². The summed E-state index contributed by atoms with van der Waals surface area (Å²) in [6.45, 7) is 2.33. The van der Waals surface area contributed by atoms with Crippen LogP contribution in [0.2, 0.25) is 0 Å². The number of benzene rings is 2. The van der Waals surface area contributed by atoms with Gasteiger partial charge in [-0.2, -0.15) is 0 Å². The zero-order valence-electron chi connectivity index (χ0n) is 14.5. The summed E-state index contributed by atoms with van der Waals surface area (Å²) in [6, 6.07) is 14.1. The molecule has 0 bridgehead atoms. The van der Waals surface area contributed by atoms with E-state index < -0.39 is 5.97 Å². The molecule has 1 N–H and O–H groups in total. The lowest BCUT2D eigenvalue weighted by atomic mass is 10.1. The van der Waals surface area contributed by atoms with Gasteiger partial charge in [-0.05, 0) is 36.4 Å². The highest BCUT2D eigenvalue weighted by molar-refractivity contribution is 5.91. The van der Waals surface area contributed by atoms with Gasteiger partial charge in [0.25, 0.3) is 0 Å². The van der Waals surface area contributed by atoms with Gasteiger partial charge in [-0.15, -0.1) is 0 Å². The summed E-state index contributed by atoms with van der Waals surface area (Å²) < 4.78 is 6.17. The average Bonchev–Trinajstić information content (AvgIpc) is 2.48. The smallest absolute Gasteiger partial charge is 0.343 e. The Morgan fingerprint density at radius 2 is 1.54 bits per heavy atom. The summed E-state index contributed by atoms with van der Waals surface area (Å²) in [7, 11) is 6.35. The molecule has 1 amide bonds. The number of nitrogens with one attached hydrogen (secondary N) is 1. The van der Waals surface area contributed by atoms with E-state index in [-0.39, 0.29) is 5.91 Å². The molecule has 24 heavy (non-hydrogen) atoms. The molecule has 0 unspecified atom stereocenters. The van der Waals surface area contributed by atoms with Crippen molar-refractivity contribution < 1.29 is 18.8 Å². The molecule has 2 rings (SSSR count). The SMILES string of the molecule is CC(=O)Nc1ccc(OC(=O)c2ccc(C[N+](C)(C)C)cc2)cc1. The highest BCUT2D eigenvalue weighted by Crippen LogP contribution is 2.17. The van der Waals surface area contributed by atoms with Crippen LogP contribution in [0.25, 0.3) is 0 Å². The Bertz CT molecular complexity index is 714. The number of rotatable bonds is 5. The lowest BCUT2D eigenvalue weighted by molar-refractivity contribution is -0.884. The van der Waals surface area contributed by atoms with Gasteiger partial charge in [0, 0.05) is 18.2 Å². The normalized spacial score (nSPS) is 11.0. The molecule has 0 aliphatic carbocycles. The topological polar surface area (TPSA) is 55.4 Å². The van der Waals surface area contributed by atoms with Crippen LogP contribution in [0.15, 0.2) is 48.5 Å². The Morgan fingerprint density at radius 1 is 0.958 bits per heavy atom. The van der Waals surface area contributed by atoms with Gasteiger partial charge in [0.1, 0.15) is 12.3 Å². The Kier molecular flexibility index (Phi) is 5.36. The first-order valence-electron chi connectivity index (χ1n) is 7.72. The van der Waals surface area contributed by atoms with Crippen molar-refractivity contribution in [1.29, 1.82) is 0 Å². The van der Waals surface area contributed by atoms with Gasteiger partial charge in [0.05, 0.1) is 26.7 Å². The number of esters is 1. The third-order valence-electron chi connectivity index (χ3n) is 3.23. The minimum absolute atomic E-state index is 0.145. The summed E-state index contributed by atoms with van der Waals surface area (Å²) in [6.07, 6.45) is 0. The molecule has 2 aromatic carbocycles. The van der Waals surface area contributed by atoms with Crippen LogP contribution in [-0.2, 0) is 11.3 Å². The maximum absolute atomic E-state index is 12.2. The molecule has 5 heteroatoms. The van der Waals surface area contributed by atoms with E-state index in [1.165, 1.54) is 12.5 Å². The standard InChI is InChI=1S/C19H22N2O3/c1-14(22)20-17-9-11-18(12-10-17)24-19(23)16-7-5-15(6-8-16)13-21(2,3)4/h5-12H,13H2,1-4H3/p+1. The molecule has 2 aromatic rings. The number of ether oxygens (including phenoxy) is 1. The molecular weight excluding hydrogens is 304 g/mol. The Labute approximate surface area is 142 Å². The second-order valence-electron chi connectivity index (χ2n) is 6.74. The second-order valence-corrected chi connectivity index (χ2v) is 6.74. The number of nitrogens with zero attached hydrogens (tertiary/aromatic N) is 1. The van der Waals surface area contributed by atoms with Crippen LogP contribution < -0.4 is 10.1 Å². The Morgan fingerprint density at radius 3 is 2.04 bits per heavy atom. The third-order valence-corrected chi connectivity index (χ3v) is 3.23. The number of amides is 1. The number of carbonyl (C=O) groups excluding carboxylic acids is 2. The van der Waals surface area contributed by atoms with Crippen LogP contribution in [0.1, 0.15) is 22.8 Å². The zero-order valence-corrected chi connectivity index (χ0v) is 14.5. The van der Waals surface area contributed by atoms with Crippen LogP contribution in [-0.4, -0.2) is 37.5 Å². The van der Waals surface area contributed by atoms with Crippen LogP contribution >= 0.6 is 0 Å². The number of quaternary nitrogens is 1. The fraction of sp³-hybridized carbons (Fsp3) is 0.263. The molecule has 0 saturated heterocycles. The fourth-order valence-corrected chi connectivity index (χ4v) is 2.27. The van der Waals surface area contributed by atoms with Crippen LogP contribution in [0.5, 0.6) is 5.75 Å². The molecule has 0 aliphatic rings.